The number of nitrogens with two attached hydrogens (primary N) is 1. The molecule has 0 heterocycles. The lowest BCUT2D eigenvalue weighted by molar-refractivity contribution is 0.0601. The van der Waals surface area contributed by atoms with E-state index in [1.165, 1.54) is 25.3 Å². The van der Waals surface area contributed by atoms with E-state index < -0.39 is 17.6 Å². The van der Waals surface area contributed by atoms with Gasteiger partial charge in [0.1, 0.15) is 11.6 Å². The highest BCUT2D eigenvalue weighted by molar-refractivity contribution is 5.91. The Balaban J connectivity index is 2.19. The highest BCUT2D eigenvalue weighted by atomic mass is 19.1. The van der Waals surface area contributed by atoms with Gasteiger partial charge in [-0.25, -0.2) is 13.6 Å². The fourth-order valence-electron chi connectivity index (χ4n) is 1.82. The molecule has 0 aliphatic rings. The molecule has 2 aromatic carbocycles. The Labute approximate surface area is 120 Å². The number of nitrogen functional groups attached to an aromatic ring is 1. The van der Waals surface area contributed by atoms with Gasteiger partial charge >= 0.3 is 5.97 Å². The zero-order valence-electron chi connectivity index (χ0n) is 11.3. The van der Waals surface area contributed by atoms with Crippen LogP contribution in [0.4, 0.5) is 20.2 Å². The lowest BCUT2D eigenvalue weighted by atomic mass is 10.1. The van der Waals surface area contributed by atoms with Crippen LogP contribution in [0.3, 0.4) is 0 Å². The molecule has 6 heteroatoms. The second-order valence-corrected chi connectivity index (χ2v) is 4.38. The molecule has 0 bridgehead atoms. The normalized spacial score (nSPS) is 10.2. The van der Waals surface area contributed by atoms with Crippen LogP contribution in [0.1, 0.15) is 15.9 Å². The molecule has 0 aliphatic carbocycles. The Morgan fingerprint density at radius 3 is 2.71 bits per heavy atom. The number of carbonyl (C=O) groups excluding carboxylic acids is 1. The van der Waals surface area contributed by atoms with E-state index in [2.05, 4.69) is 10.1 Å². The van der Waals surface area contributed by atoms with Gasteiger partial charge in [-0.2, -0.15) is 0 Å². The minimum atomic E-state index is -0.524. The fourth-order valence-corrected chi connectivity index (χ4v) is 1.82. The van der Waals surface area contributed by atoms with E-state index in [1.54, 1.807) is 0 Å². The number of hydrogen-bond donors (Lipinski definition) is 2. The molecule has 0 aromatic heterocycles. The van der Waals surface area contributed by atoms with Gasteiger partial charge in [-0.3, -0.25) is 0 Å². The smallest absolute Gasteiger partial charge is 0.337 e. The first-order valence-electron chi connectivity index (χ1n) is 6.17. The quantitative estimate of drug-likeness (QED) is 0.671. The van der Waals surface area contributed by atoms with Crippen molar-refractivity contribution in [2.24, 2.45) is 0 Å². The van der Waals surface area contributed by atoms with Gasteiger partial charge in [-0.15, -0.1) is 0 Å². The molecule has 2 rings (SSSR count). The first kappa shape index (κ1) is 14.8. The van der Waals surface area contributed by atoms with Crippen LogP contribution in [0.5, 0.6) is 0 Å². The summed E-state index contributed by atoms with van der Waals surface area (Å²) in [5.74, 6) is -1.55. The Bertz CT molecular complexity index is 675. The van der Waals surface area contributed by atoms with Gasteiger partial charge in [0.25, 0.3) is 0 Å². The van der Waals surface area contributed by atoms with Crippen molar-refractivity contribution in [2.75, 3.05) is 18.2 Å². The minimum Gasteiger partial charge on any atom is -0.465 e. The summed E-state index contributed by atoms with van der Waals surface area (Å²) in [6.07, 6.45) is 0. The van der Waals surface area contributed by atoms with E-state index in [-0.39, 0.29) is 12.1 Å². The van der Waals surface area contributed by atoms with Crippen molar-refractivity contribution >= 4 is 17.3 Å². The molecule has 0 fully saturated rings. The molecule has 0 saturated heterocycles. The van der Waals surface area contributed by atoms with E-state index in [0.717, 1.165) is 18.2 Å². The van der Waals surface area contributed by atoms with Crippen molar-refractivity contribution in [3.63, 3.8) is 0 Å². The van der Waals surface area contributed by atoms with E-state index >= 15 is 0 Å². The van der Waals surface area contributed by atoms with Crippen LogP contribution in [0.15, 0.2) is 36.4 Å². The van der Waals surface area contributed by atoms with E-state index in [0.29, 0.717) is 16.9 Å². The second kappa shape index (κ2) is 6.21. The van der Waals surface area contributed by atoms with E-state index in [1.807, 2.05) is 0 Å². The summed E-state index contributed by atoms with van der Waals surface area (Å²) in [7, 11) is 1.27. The highest BCUT2D eigenvalue weighted by Gasteiger charge is 2.09. The number of benzene rings is 2. The number of halogens is 2. The van der Waals surface area contributed by atoms with Crippen molar-refractivity contribution in [3.05, 3.63) is 59.2 Å². The zero-order valence-corrected chi connectivity index (χ0v) is 11.3. The zero-order chi connectivity index (χ0) is 15.4. The third kappa shape index (κ3) is 3.47. The standard InChI is InChI=1S/C15H14F2N2O2/c1-21-15(20)9-2-5-13(18)14(7-9)19-8-10-6-11(16)3-4-12(10)17/h2-7,19H,8,18H2,1H3. The molecule has 110 valence electrons. The first-order valence-corrected chi connectivity index (χ1v) is 6.17. The largest absolute Gasteiger partial charge is 0.465 e. The molecule has 0 spiro atoms. The van der Waals surface area contributed by atoms with Crippen molar-refractivity contribution in [1.29, 1.82) is 0 Å². The van der Waals surface area contributed by atoms with Crippen molar-refractivity contribution in [2.45, 2.75) is 6.54 Å². The first-order chi connectivity index (χ1) is 10.0. The maximum absolute atomic E-state index is 13.5. The lowest BCUT2D eigenvalue weighted by Gasteiger charge is -2.11. The van der Waals surface area contributed by atoms with Crippen molar-refractivity contribution in [3.8, 4) is 0 Å². The van der Waals surface area contributed by atoms with Crippen LogP contribution in [-0.4, -0.2) is 13.1 Å². The second-order valence-electron chi connectivity index (χ2n) is 4.38. The number of rotatable bonds is 4. The average molecular weight is 292 g/mol. The van der Waals surface area contributed by atoms with Crippen LogP contribution in [0.2, 0.25) is 0 Å². The molecule has 0 unspecified atom stereocenters. The number of esters is 1. The van der Waals surface area contributed by atoms with Gasteiger partial charge in [-0.05, 0) is 36.4 Å². The van der Waals surface area contributed by atoms with Gasteiger partial charge in [0, 0.05) is 12.1 Å². The molecule has 21 heavy (non-hydrogen) atoms. The van der Waals surface area contributed by atoms with Crippen LogP contribution >= 0.6 is 0 Å². The molecule has 0 amide bonds. The summed E-state index contributed by atoms with van der Waals surface area (Å²) >= 11 is 0. The van der Waals surface area contributed by atoms with Crippen LogP contribution < -0.4 is 11.1 Å². The molecule has 4 nitrogen and oxygen atoms in total. The predicted molar refractivity (Wildman–Crippen MR) is 75.9 cm³/mol. The molecule has 0 saturated carbocycles. The lowest BCUT2D eigenvalue weighted by Crippen LogP contribution is -2.07. The summed E-state index contributed by atoms with van der Waals surface area (Å²) in [4.78, 5) is 11.4. The van der Waals surface area contributed by atoms with Crippen molar-refractivity contribution in [1.82, 2.24) is 0 Å². The molecular weight excluding hydrogens is 278 g/mol. The maximum atomic E-state index is 13.5. The van der Waals surface area contributed by atoms with Crippen molar-refractivity contribution < 1.29 is 18.3 Å². The average Bonchev–Trinajstić information content (AvgIpc) is 2.48. The molecule has 2 aromatic rings. The molecule has 0 radical (unpaired) electrons. The Morgan fingerprint density at radius 2 is 2.00 bits per heavy atom. The fraction of sp³-hybridized carbons (Fsp3) is 0.133. The van der Waals surface area contributed by atoms with Crippen LogP contribution in [0.25, 0.3) is 0 Å². The summed E-state index contributed by atoms with van der Waals surface area (Å²) in [6, 6.07) is 7.76. The number of carbonyl (C=O) groups is 1. The van der Waals surface area contributed by atoms with Gasteiger partial charge < -0.3 is 15.8 Å². The minimum absolute atomic E-state index is 0.0401. The summed E-state index contributed by atoms with van der Waals surface area (Å²) < 4.78 is 31.2. The molecule has 3 N–H and O–H groups in total. The monoisotopic (exact) mass is 292 g/mol. The summed E-state index contributed by atoms with van der Waals surface area (Å²) in [5.41, 5.74) is 7.09. The third-order valence-corrected chi connectivity index (χ3v) is 2.95. The summed E-state index contributed by atoms with van der Waals surface area (Å²) in [6.45, 7) is 0.0401. The Hall–Kier alpha value is -2.63. The summed E-state index contributed by atoms with van der Waals surface area (Å²) in [5, 5.41) is 2.88. The number of methoxy groups -OCH3 is 1. The molecule has 0 aliphatic heterocycles. The maximum Gasteiger partial charge on any atom is 0.337 e. The van der Waals surface area contributed by atoms with Crippen LogP contribution in [0, 0.1) is 11.6 Å². The number of hydrogen-bond acceptors (Lipinski definition) is 4. The van der Waals surface area contributed by atoms with E-state index in [9.17, 15) is 13.6 Å². The number of anilines is 2. The van der Waals surface area contributed by atoms with Gasteiger partial charge in [0.15, 0.2) is 0 Å². The highest BCUT2D eigenvalue weighted by Crippen LogP contribution is 2.22. The van der Waals surface area contributed by atoms with Gasteiger partial charge in [-0.1, -0.05) is 0 Å². The molecular formula is C15H14F2N2O2. The number of nitrogens with one attached hydrogen (secondary N) is 1. The Kier molecular flexibility index (Phi) is 4.37. The topological polar surface area (TPSA) is 64.3 Å². The van der Waals surface area contributed by atoms with Crippen LogP contribution in [-0.2, 0) is 11.3 Å². The van der Waals surface area contributed by atoms with E-state index in [4.69, 9.17) is 5.73 Å². The third-order valence-electron chi connectivity index (χ3n) is 2.95. The predicted octanol–water partition coefficient (Wildman–Crippen LogP) is 2.95. The van der Waals surface area contributed by atoms with Gasteiger partial charge in [0.2, 0.25) is 0 Å². The van der Waals surface area contributed by atoms with Gasteiger partial charge in [0.05, 0.1) is 24.0 Å². The Morgan fingerprint density at radius 1 is 1.24 bits per heavy atom. The molecule has 0 atom stereocenters. The number of ether oxygens (including phenoxy) is 1. The SMILES string of the molecule is COC(=O)c1ccc(N)c(NCc2cc(F)ccc2F)c1.